The summed E-state index contributed by atoms with van der Waals surface area (Å²) in [7, 11) is 2.17. The molecule has 2 aliphatic heterocycles. The van der Waals surface area contributed by atoms with Crippen molar-refractivity contribution in [3.05, 3.63) is 0 Å². The molecule has 0 aromatic rings. The molecular formula is C8H17N3. The predicted octanol–water partition coefficient (Wildman–Crippen LogP) is -0.417. The van der Waals surface area contributed by atoms with Gasteiger partial charge in [-0.3, -0.25) is 4.90 Å². The quantitative estimate of drug-likeness (QED) is 0.499. The zero-order chi connectivity index (χ0) is 8.01. The normalized spacial score (nSPS) is 51.5. The Morgan fingerprint density at radius 1 is 1.55 bits per heavy atom. The Morgan fingerprint density at radius 3 is 3.00 bits per heavy atom. The molecule has 0 aromatic carbocycles. The van der Waals surface area contributed by atoms with Crippen molar-refractivity contribution in [2.75, 3.05) is 13.6 Å². The molecule has 2 fully saturated rings. The third kappa shape index (κ3) is 0.991. The summed E-state index contributed by atoms with van der Waals surface area (Å²) in [6.45, 7) is 3.33. The van der Waals surface area contributed by atoms with E-state index in [2.05, 4.69) is 24.2 Å². The van der Waals surface area contributed by atoms with E-state index in [0.29, 0.717) is 24.2 Å². The molecule has 2 heterocycles. The van der Waals surface area contributed by atoms with E-state index in [-0.39, 0.29) is 0 Å². The maximum Gasteiger partial charge on any atom is 0.0601 e. The number of nitrogens with zero attached hydrogens (tertiary/aromatic N) is 1. The molecule has 2 saturated heterocycles. The fourth-order valence-corrected chi connectivity index (χ4v) is 2.32. The van der Waals surface area contributed by atoms with Crippen molar-refractivity contribution < 1.29 is 0 Å². The van der Waals surface area contributed by atoms with Gasteiger partial charge < -0.3 is 11.1 Å². The molecule has 0 spiro atoms. The topological polar surface area (TPSA) is 41.3 Å². The van der Waals surface area contributed by atoms with E-state index < -0.39 is 0 Å². The molecule has 4 atom stereocenters. The Morgan fingerprint density at radius 2 is 2.27 bits per heavy atom. The van der Waals surface area contributed by atoms with Crippen molar-refractivity contribution in [2.45, 2.75) is 31.6 Å². The first-order chi connectivity index (χ1) is 5.20. The van der Waals surface area contributed by atoms with Gasteiger partial charge in [0.25, 0.3) is 0 Å². The Bertz CT molecular complexity index is 159. The largest absolute Gasteiger partial charge is 0.326 e. The first-order valence-corrected chi connectivity index (χ1v) is 4.41. The van der Waals surface area contributed by atoms with Gasteiger partial charge in [0.2, 0.25) is 0 Å². The minimum atomic E-state index is 0.367. The Balaban J connectivity index is 2.16. The van der Waals surface area contributed by atoms with Crippen LogP contribution in [0.3, 0.4) is 0 Å². The highest BCUT2D eigenvalue weighted by molar-refractivity contribution is 4.99. The maximum atomic E-state index is 6.07. The maximum absolute atomic E-state index is 6.07. The Labute approximate surface area is 67.9 Å². The summed E-state index contributed by atoms with van der Waals surface area (Å²) in [5.41, 5.74) is 6.07. The highest BCUT2D eigenvalue weighted by atomic mass is 15.4. The van der Waals surface area contributed by atoms with Crippen LogP contribution in [0.15, 0.2) is 0 Å². The van der Waals surface area contributed by atoms with Crippen molar-refractivity contribution in [3.63, 3.8) is 0 Å². The van der Waals surface area contributed by atoms with Crippen LogP contribution in [0.25, 0.3) is 0 Å². The van der Waals surface area contributed by atoms with Gasteiger partial charge in [0.15, 0.2) is 0 Å². The Hall–Kier alpha value is -0.120. The molecule has 64 valence electrons. The second kappa shape index (κ2) is 2.44. The first kappa shape index (κ1) is 7.53. The van der Waals surface area contributed by atoms with E-state index in [4.69, 9.17) is 5.73 Å². The standard InChI is InChI=1S/C8H17N3/c1-5-3-7-10-4-6(8(5)9)11(7)2/h5-8,10H,3-4,9H2,1-2H3. The van der Waals surface area contributed by atoms with Gasteiger partial charge in [-0.2, -0.15) is 0 Å². The molecule has 4 unspecified atom stereocenters. The molecule has 0 radical (unpaired) electrons. The van der Waals surface area contributed by atoms with Crippen LogP contribution in [0.1, 0.15) is 13.3 Å². The molecule has 2 aliphatic rings. The number of piperidine rings is 1. The number of nitrogens with one attached hydrogen (secondary N) is 1. The van der Waals surface area contributed by atoms with E-state index in [1.165, 1.54) is 6.42 Å². The van der Waals surface area contributed by atoms with Crippen LogP contribution in [0.4, 0.5) is 0 Å². The number of hydrogen-bond donors (Lipinski definition) is 2. The fraction of sp³-hybridized carbons (Fsp3) is 1.00. The summed E-state index contributed by atoms with van der Waals surface area (Å²) < 4.78 is 0. The Kier molecular flexibility index (Phi) is 1.67. The van der Waals surface area contributed by atoms with Gasteiger partial charge in [-0.15, -0.1) is 0 Å². The zero-order valence-electron chi connectivity index (χ0n) is 7.25. The van der Waals surface area contributed by atoms with Crippen molar-refractivity contribution >= 4 is 0 Å². The lowest BCUT2D eigenvalue weighted by molar-refractivity contribution is 0.116. The molecule has 0 amide bonds. The molecule has 0 aliphatic carbocycles. The van der Waals surface area contributed by atoms with Gasteiger partial charge in [0, 0.05) is 18.6 Å². The van der Waals surface area contributed by atoms with Crippen molar-refractivity contribution in [1.82, 2.24) is 10.2 Å². The number of nitrogens with two attached hydrogens (primary N) is 1. The van der Waals surface area contributed by atoms with Gasteiger partial charge in [-0.05, 0) is 19.4 Å². The number of fused-ring (bicyclic) bond motifs is 2. The average molecular weight is 155 g/mol. The SMILES string of the molecule is CC1CC2NCC(C1N)N2C. The van der Waals surface area contributed by atoms with Gasteiger partial charge in [0.1, 0.15) is 0 Å². The van der Waals surface area contributed by atoms with Gasteiger partial charge in [-0.1, -0.05) is 6.92 Å². The lowest BCUT2D eigenvalue weighted by Crippen LogP contribution is -2.54. The highest BCUT2D eigenvalue weighted by Crippen LogP contribution is 2.27. The minimum absolute atomic E-state index is 0.367. The lowest BCUT2D eigenvalue weighted by atomic mass is 9.89. The van der Waals surface area contributed by atoms with Crippen LogP contribution in [-0.4, -0.2) is 36.7 Å². The first-order valence-electron chi connectivity index (χ1n) is 4.41. The molecule has 2 rings (SSSR count). The van der Waals surface area contributed by atoms with E-state index in [1.54, 1.807) is 0 Å². The van der Waals surface area contributed by atoms with Crippen molar-refractivity contribution in [2.24, 2.45) is 11.7 Å². The smallest absolute Gasteiger partial charge is 0.0601 e. The third-order valence-corrected chi connectivity index (χ3v) is 3.27. The van der Waals surface area contributed by atoms with Gasteiger partial charge in [0.05, 0.1) is 6.17 Å². The molecule has 3 nitrogen and oxygen atoms in total. The van der Waals surface area contributed by atoms with Crippen molar-refractivity contribution in [3.8, 4) is 0 Å². The van der Waals surface area contributed by atoms with Crippen LogP contribution >= 0.6 is 0 Å². The van der Waals surface area contributed by atoms with Crippen molar-refractivity contribution in [1.29, 1.82) is 0 Å². The van der Waals surface area contributed by atoms with Crippen LogP contribution in [0.2, 0.25) is 0 Å². The summed E-state index contributed by atoms with van der Waals surface area (Å²) in [4.78, 5) is 2.38. The second-order valence-corrected chi connectivity index (χ2v) is 3.95. The van der Waals surface area contributed by atoms with E-state index in [1.807, 2.05) is 0 Å². The minimum Gasteiger partial charge on any atom is -0.326 e. The highest BCUT2D eigenvalue weighted by Gasteiger charge is 2.41. The summed E-state index contributed by atoms with van der Waals surface area (Å²) in [5.74, 6) is 0.677. The molecule has 3 heteroatoms. The second-order valence-electron chi connectivity index (χ2n) is 3.95. The summed E-state index contributed by atoms with van der Waals surface area (Å²) in [5, 5.41) is 3.48. The van der Waals surface area contributed by atoms with E-state index in [9.17, 15) is 0 Å². The number of rotatable bonds is 0. The summed E-state index contributed by atoms with van der Waals surface area (Å²) >= 11 is 0. The number of hydrogen-bond acceptors (Lipinski definition) is 3. The zero-order valence-corrected chi connectivity index (χ0v) is 7.25. The van der Waals surface area contributed by atoms with Crippen LogP contribution in [0.5, 0.6) is 0 Å². The predicted molar refractivity (Wildman–Crippen MR) is 45.1 cm³/mol. The fourth-order valence-electron chi connectivity index (χ4n) is 2.32. The molecule has 3 N–H and O–H groups in total. The van der Waals surface area contributed by atoms with Crippen LogP contribution in [-0.2, 0) is 0 Å². The molecule has 11 heavy (non-hydrogen) atoms. The van der Waals surface area contributed by atoms with Crippen LogP contribution < -0.4 is 11.1 Å². The average Bonchev–Trinajstić information content (AvgIpc) is 2.23. The van der Waals surface area contributed by atoms with Crippen LogP contribution in [0, 0.1) is 5.92 Å². The van der Waals surface area contributed by atoms with E-state index in [0.717, 1.165) is 6.54 Å². The monoisotopic (exact) mass is 155 g/mol. The van der Waals surface area contributed by atoms with Gasteiger partial charge >= 0.3 is 0 Å². The molecular weight excluding hydrogens is 138 g/mol. The van der Waals surface area contributed by atoms with E-state index >= 15 is 0 Å². The molecule has 0 saturated carbocycles. The molecule has 2 bridgehead atoms. The molecule has 0 aromatic heterocycles. The lowest BCUT2D eigenvalue weighted by Gasteiger charge is -2.38. The van der Waals surface area contributed by atoms with Gasteiger partial charge in [-0.25, -0.2) is 0 Å². The summed E-state index contributed by atoms with van der Waals surface area (Å²) in [6.07, 6.45) is 1.79. The summed E-state index contributed by atoms with van der Waals surface area (Å²) in [6, 6.07) is 0.940. The number of likely N-dealkylation sites (N-methyl/N-ethyl adjacent to an activating group) is 1. The third-order valence-electron chi connectivity index (χ3n) is 3.27.